The first-order chi connectivity index (χ1) is 17.0. The standard InChI is InChI=1S/C26H27ClN6O2/c1-16-4-3-5-23(31-16)17-6-7-20(22(27)13-17)21-12-18-14-30-26(28-2)32-24(18)33(25(21)34)10-8-19-15-29-9-11-35-19/h3-7,12-14,19,29H,8-11,15H2,1-2H3,(H,28,30,32). The van der Waals surface area contributed by atoms with Gasteiger partial charge in [0.2, 0.25) is 5.95 Å². The van der Waals surface area contributed by atoms with E-state index in [1.165, 1.54) is 0 Å². The highest BCUT2D eigenvalue weighted by Gasteiger charge is 2.19. The van der Waals surface area contributed by atoms with Gasteiger partial charge in [0.1, 0.15) is 5.65 Å². The van der Waals surface area contributed by atoms with Crippen LogP contribution in [0.25, 0.3) is 33.4 Å². The molecule has 1 aromatic carbocycles. The van der Waals surface area contributed by atoms with Gasteiger partial charge in [0.05, 0.1) is 18.4 Å². The zero-order chi connectivity index (χ0) is 24.4. The minimum atomic E-state index is -0.148. The van der Waals surface area contributed by atoms with E-state index in [0.29, 0.717) is 47.3 Å². The van der Waals surface area contributed by atoms with Crippen LogP contribution in [0.1, 0.15) is 12.1 Å². The second-order valence-corrected chi connectivity index (χ2v) is 8.99. The van der Waals surface area contributed by atoms with E-state index in [1.807, 2.05) is 49.4 Å². The van der Waals surface area contributed by atoms with Gasteiger partial charge in [-0.15, -0.1) is 0 Å². The lowest BCUT2D eigenvalue weighted by molar-refractivity contribution is 0.0211. The van der Waals surface area contributed by atoms with Crippen molar-refractivity contribution < 1.29 is 4.74 Å². The van der Waals surface area contributed by atoms with E-state index in [-0.39, 0.29) is 11.7 Å². The molecule has 1 atom stereocenters. The molecular weight excluding hydrogens is 464 g/mol. The van der Waals surface area contributed by atoms with E-state index in [4.69, 9.17) is 16.3 Å². The SMILES string of the molecule is CNc1ncc2cc(-c3ccc(-c4cccc(C)n4)cc3Cl)c(=O)n(CCC3CNCCO3)c2n1. The predicted octanol–water partition coefficient (Wildman–Crippen LogP) is 3.90. The molecule has 4 heterocycles. The van der Waals surface area contributed by atoms with Crippen LogP contribution in [-0.4, -0.2) is 52.4 Å². The first-order valence-electron chi connectivity index (χ1n) is 11.7. The molecule has 0 bridgehead atoms. The lowest BCUT2D eigenvalue weighted by Crippen LogP contribution is -2.39. The minimum Gasteiger partial charge on any atom is -0.376 e. The van der Waals surface area contributed by atoms with Gasteiger partial charge in [0.25, 0.3) is 5.56 Å². The number of hydrogen-bond donors (Lipinski definition) is 2. The third-order valence-electron chi connectivity index (χ3n) is 6.17. The van der Waals surface area contributed by atoms with Crippen molar-refractivity contribution in [3.8, 4) is 22.4 Å². The van der Waals surface area contributed by atoms with Gasteiger partial charge in [-0.2, -0.15) is 4.98 Å². The normalized spacial score (nSPS) is 15.9. The number of nitrogens with one attached hydrogen (secondary N) is 2. The fourth-order valence-electron chi connectivity index (χ4n) is 4.35. The Morgan fingerprint density at radius 2 is 2.09 bits per heavy atom. The Morgan fingerprint density at radius 1 is 1.20 bits per heavy atom. The summed E-state index contributed by atoms with van der Waals surface area (Å²) in [5.74, 6) is 0.460. The number of pyridine rings is 2. The summed E-state index contributed by atoms with van der Waals surface area (Å²) < 4.78 is 7.55. The Kier molecular flexibility index (Phi) is 6.77. The quantitative estimate of drug-likeness (QED) is 0.423. The van der Waals surface area contributed by atoms with Crippen molar-refractivity contribution in [2.75, 3.05) is 32.1 Å². The molecule has 3 aromatic heterocycles. The summed E-state index contributed by atoms with van der Waals surface area (Å²) in [6.45, 7) is 4.71. The number of aromatic nitrogens is 4. The highest BCUT2D eigenvalue weighted by molar-refractivity contribution is 6.33. The van der Waals surface area contributed by atoms with E-state index < -0.39 is 0 Å². The van der Waals surface area contributed by atoms with Gasteiger partial charge < -0.3 is 15.4 Å². The van der Waals surface area contributed by atoms with Gasteiger partial charge in [-0.05, 0) is 37.6 Å². The molecule has 35 heavy (non-hydrogen) atoms. The maximum absolute atomic E-state index is 13.8. The van der Waals surface area contributed by atoms with Gasteiger partial charge >= 0.3 is 0 Å². The smallest absolute Gasteiger partial charge is 0.260 e. The highest BCUT2D eigenvalue weighted by atomic mass is 35.5. The molecule has 1 aliphatic rings. The average molecular weight is 491 g/mol. The zero-order valence-electron chi connectivity index (χ0n) is 19.7. The maximum atomic E-state index is 13.8. The number of aryl methyl sites for hydroxylation is 2. The van der Waals surface area contributed by atoms with E-state index in [2.05, 4.69) is 25.6 Å². The van der Waals surface area contributed by atoms with Crippen LogP contribution >= 0.6 is 11.6 Å². The van der Waals surface area contributed by atoms with Crippen LogP contribution in [0.4, 0.5) is 5.95 Å². The van der Waals surface area contributed by atoms with Gasteiger partial charge in [-0.25, -0.2) is 4.98 Å². The molecule has 4 aromatic rings. The van der Waals surface area contributed by atoms with Crippen molar-refractivity contribution in [2.45, 2.75) is 26.0 Å². The molecule has 0 aliphatic carbocycles. The maximum Gasteiger partial charge on any atom is 0.260 e. The van der Waals surface area contributed by atoms with Crippen LogP contribution in [0.3, 0.4) is 0 Å². The first-order valence-corrected chi connectivity index (χ1v) is 12.1. The van der Waals surface area contributed by atoms with Crippen molar-refractivity contribution in [1.82, 2.24) is 24.8 Å². The molecule has 0 spiro atoms. The van der Waals surface area contributed by atoms with Crippen molar-refractivity contribution >= 4 is 28.6 Å². The predicted molar refractivity (Wildman–Crippen MR) is 139 cm³/mol. The number of halogens is 1. The Hall–Kier alpha value is -3.33. The van der Waals surface area contributed by atoms with Gasteiger partial charge in [-0.3, -0.25) is 14.3 Å². The number of rotatable bonds is 6. The summed E-state index contributed by atoms with van der Waals surface area (Å²) in [5, 5.41) is 7.54. The van der Waals surface area contributed by atoms with Crippen molar-refractivity contribution in [2.24, 2.45) is 0 Å². The fraction of sp³-hybridized carbons (Fsp3) is 0.308. The molecule has 1 saturated heterocycles. The fourth-order valence-corrected chi connectivity index (χ4v) is 4.64. The van der Waals surface area contributed by atoms with E-state index in [9.17, 15) is 4.79 Å². The highest BCUT2D eigenvalue weighted by Crippen LogP contribution is 2.31. The topological polar surface area (TPSA) is 94.0 Å². The molecule has 8 nitrogen and oxygen atoms in total. The summed E-state index contributed by atoms with van der Waals surface area (Å²) in [6, 6.07) is 13.4. The van der Waals surface area contributed by atoms with E-state index in [0.717, 1.165) is 35.4 Å². The number of fused-ring (bicyclic) bond motifs is 1. The third kappa shape index (κ3) is 4.91. The van der Waals surface area contributed by atoms with Crippen molar-refractivity contribution in [1.29, 1.82) is 0 Å². The van der Waals surface area contributed by atoms with Crippen LogP contribution in [0.5, 0.6) is 0 Å². The van der Waals surface area contributed by atoms with Crippen LogP contribution < -0.4 is 16.2 Å². The number of nitrogens with zero attached hydrogens (tertiary/aromatic N) is 4. The molecule has 0 radical (unpaired) electrons. The number of benzene rings is 1. The van der Waals surface area contributed by atoms with Gasteiger partial charge in [0.15, 0.2) is 0 Å². The zero-order valence-corrected chi connectivity index (χ0v) is 20.5. The van der Waals surface area contributed by atoms with Crippen LogP contribution in [0, 0.1) is 6.92 Å². The van der Waals surface area contributed by atoms with Crippen LogP contribution in [0.15, 0.2) is 53.5 Å². The van der Waals surface area contributed by atoms with Gasteiger partial charge in [-0.1, -0.05) is 29.8 Å². The van der Waals surface area contributed by atoms with E-state index in [1.54, 1.807) is 17.8 Å². The second kappa shape index (κ2) is 10.1. The molecule has 9 heteroatoms. The van der Waals surface area contributed by atoms with Crippen LogP contribution in [-0.2, 0) is 11.3 Å². The summed E-state index contributed by atoms with van der Waals surface area (Å²) in [4.78, 5) is 27.3. The van der Waals surface area contributed by atoms with E-state index >= 15 is 0 Å². The number of anilines is 1. The Morgan fingerprint density at radius 3 is 2.83 bits per heavy atom. The number of hydrogen-bond acceptors (Lipinski definition) is 7. The minimum absolute atomic E-state index is 0.0460. The Labute approximate surface area is 208 Å². The van der Waals surface area contributed by atoms with Crippen molar-refractivity contribution in [3.05, 3.63) is 69.7 Å². The van der Waals surface area contributed by atoms with Crippen molar-refractivity contribution in [3.63, 3.8) is 0 Å². The molecule has 2 N–H and O–H groups in total. The largest absolute Gasteiger partial charge is 0.376 e. The molecule has 0 saturated carbocycles. The molecule has 180 valence electrons. The molecular formula is C26H27ClN6O2. The Bertz CT molecular complexity index is 1430. The lowest BCUT2D eigenvalue weighted by atomic mass is 10.0. The second-order valence-electron chi connectivity index (χ2n) is 8.58. The Balaban J connectivity index is 1.58. The molecule has 5 rings (SSSR count). The number of ether oxygens (including phenoxy) is 1. The molecule has 1 unspecified atom stereocenters. The third-order valence-corrected chi connectivity index (χ3v) is 6.49. The number of morpholine rings is 1. The summed E-state index contributed by atoms with van der Waals surface area (Å²) >= 11 is 6.73. The van der Waals surface area contributed by atoms with Gasteiger partial charge in [0, 0.05) is 65.7 Å². The molecule has 1 aliphatic heterocycles. The summed E-state index contributed by atoms with van der Waals surface area (Å²) in [7, 11) is 1.75. The lowest BCUT2D eigenvalue weighted by Gasteiger charge is -2.24. The van der Waals surface area contributed by atoms with Crippen LogP contribution in [0.2, 0.25) is 5.02 Å². The summed E-state index contributed by atoms with van der Waals surface area (Å²) in [5.41, 5.74) is 4.27. The summed E-state index contributed by atoms with van der Waals surface area (Å²) in [6.07, 6.45) is 2.46. The monoisotopic (exact) mass is 490 g/mol. The molecule has 1 fully saturated rings. The molecule has 0 amide bonds. The first kappa shape index (κ1) is 23.4. The average Bonchev–Trinajstić information content (AvgIpc) is 2.88.